The Balaban J connectivity index is 0.927. The third kappa shape index (κ3) is 23.2. The number of ether oxygens (including phenoxy) is 8. The van der Waals surface area contributed by atoms with Gasteiger partial charge >= 0.3 is 18.1 Å². The van der Waals surface area contributed by atoms with Gasteiger partial charge in [0.05, 0.1) is 41.2 Å². The molecule has 4 aliphatic carbocycles. The average Bonchev–Trinajstić information content (AvgIpc) is 0.757. The minimum atomic E-state index is -2.31. The van der Waals surface area contributed by atoms with Crippen molar-refractivity contribution in [3.63, 3.8) is 0 Å². The number of esters is 1. The Morgan fingerprint density at radius 2 is 1.26 bits per heavy atom. The number of phenols is 3. The molecule has 35 nitrogen and oxygen atoms in total. The summed E-state index contributed by atoms with van der Waals surface area (Å²) < 4.78 is 49.0. The van der Waals surface area contributed by atoms with Crippen molar-refractivity contribution in [2.24, 2.45) is 41.4 Å². The molecule has 11 aliphatic rings. The average molecular weight is 1880 g/mol. The number of halogens is 2. The molecule has 133 heavy (non-hydrogen) atoms. The second-order valence-corrected chi connectivity index (χ2v) is 39.1. The van der Waals surface area contributed by atoms with E-state index in [1.165, 1.54) is 55.6 Å². The number of nitrogens with zero attached hydrogens (tertiary/aromatic N) is 2. The Kier molecular flexibility index (Phi) is 30.1. The monoisotopic (exact) mass is 1880 g/mol. The third-order valence-electron chi connectivity index (χ3n) is 25.7. The van der Waals surface area contributed by atoms with Gasteiger partial charge in [-0.05, 0) is 229 Å². The Hall–Kier alpha value is -11.3. The first-order valence-electron chi connectivity index (χ1n) is 44.8. The van der Waals surface area contributed by atoms with Crippen molar-refractivity contribution in [3.8, 4) is 62.9 Å². The van der Waals surface area contributed by atoms with Crippen molar-refractivity contribution in [1.29, 1.82) is 0 Å². The molecule has 0 spiro atoms. The van der Waals surface area contributed by atoms with Crippen LogP contribution in [-0.4, -0.2) is 222 Å². The number of aliphatic hydroxyl groups is 5. The summed E-state index contributed by atoms with van der Waals surface area (Å²) in [5.41, 5.74) is -3.82. The van der Waals surface area contributed by atoms with Crippen LogP contribution in [0, 0.1) is 41.4 Å². The molecule has 7 heterocycles. The number of nitrogens with one attached hydrogen (secondary N) is 6. The molecule has 17 rings (SSSR count). The van der Waals surface area contributed by atoms with E-state index in [4.69, 9.17) is 61.1 Å². The zero-order valence-corrected chi connectivity index (χ0v) is 76.6. The number of imide groups is 1. The Morgan fingerprint density at radius 1 is 0.639 bits per heavy atom. The van der Waals surface area contributed by atoms with Crippen LogP contribution in [0.2, 0.25) is 10.0 Å². The Labute approximate surface area is 777 Å². The van der Waals surface area contributed by atoms with E-state index in [2.05, 4.69) is 36.8 Å². The number of morpholine rings is 1. The molecule has 0 aromatic heterocycles. The molecule has 6 fully saturated rings. The second-order valence-electron chi connectivity index (χ2n) is 38.3. The number of ketones is 3. The van der Waals surface area contributed by atoms with E-state index in [0.717, 1.165) is 92.6 Å². The molecule has 6 aromatic rings. The van der Waals surface area contributed by atoms with Crippen molar-refractivity contribution in [1.82, 2.24) is 36.4 Å². The maximum Gasteiger partial charge on any atom is 0.410 e. The highest BCUT2D eigenvalue weighted by Gasteiger charge is 2.52. The quantitative estimate of drug-likeness (QED) is 0.0316. The molecule has 8 amide bonds. The van der Waals surface area contributed by atoms with Crippen LogP contribution in [0.3, 0.4) is 0 Å². The number of fused-ring (bicyclic) bond motifs is 15. The van der Waals surface area contributed by atoms with Gasteiger partial charge in [-0.15, -0.1) is 0 Å². The predicted molar refractivity (Wildman–Crippen MR) is 478 cm³/mol. The number of aliphatic hydroxyl groups excluding tert-OH is 5. The van der Waals surface area contributed by atoms with Crippen LogP contribution in [0.15, 0.2) is 103 Å². The molecule has 1 unspecified atom stereocenters. The van der Waals surface area contributed by atoms with Crippen molar-refractivity contribution in [2.45, 2.75) is 223 Å². The first-order chi connectivity index (χ1) is 63.0. The van der Waals surface area contributed by atoms with E-state index in [0.29, 0.717) is 44.0 Å². The predicted octanol–water partition coefficient (Wildman–Crippen LogP) is 10.1. The van der Waals surface area contributed by atoms with E-state index >= 15 is 33.6 Å². The van der Waals surface area contributed by atoms with Gasteiger partial charge in [0.1, 0.15) is 113 Å². The summed E-state index contributed by atoms with van der Waals surface area (Å²) in [4.78, 5) is 171. The normalized spacial score (nSPS) is 26.8. The summed E-state index contributed by atoms with van der Waals surface area (Å²) in [5, 5.41) is 112. The van der Waals surface area contributed by atoms with Gasteiger partial charge in [0.15, 0.2) is 28.8 Å². The van der Waals surface area contributed by atoms with E-state index < -0.39 is 237 Å². The fourth-order valence-electron chi connectivity index (χ4n) is 19.4. The van der Waals surface area contributed by atoms with Crippen molar-refractivity contribution >= 4 is 93.9 Å². The number of phenolic OH excluding ortho intramolecular Hbond substituents is 3. The van der Waals surface area contributed by atoms with Crippen LogP contribution in [-0.2, 0) is 62.1 Å². The number of aromatic hydroxyl groups is 3. The van der Waals surface area contributed by atoms with Gasteiger partial charge in [-0.1, -0.05) is 55.2 Å². The molecule has 0 radical (unpaired) electrons. The maximum atomic E-state index is 16.8. The van der Waals surface area contributed by atoms with Gasteiger partial charge < -0.3 is 105 Å². The summed E-state index contributed by atoms with van der Waals surface area (Å²) in [6.07, 6.45) is -15.0. The summed E-state index contributed by atoms with van der Waals surface area (Å²) >= 11 is 14.5. The molecule has 2 saturated heterocycles. The van der Waals surface area contributed by atoms with Gasteiger partial charge in [-0.25, -0.2) is 9.59 Å². The number of hydrogen-bond donors (Lipinski definition) is 14. The lowest BCUT2D eigenvalue weighted by Crippen LogP contribution is -2.59. The molecule has 37 heteroatoms. The van der Waals surface area contributed by atoms with E-state index in [9.17, 15) is 60.0 Å². The van der Waals surface area contributed by atoms with Crippen LogP contribution < -0.4 is 50.8 Å². The van der Waals surface area contributed by atoms with E-state index in [1.54, 1.807) is 67.5 Å². The highest BCUT2D eigenvalue weighted by Crippen LogP contribution is 2.59. The molecular formula is C96H114Cl2N8O27. The highest BCUT2D eigenvalue weighted by atomic mass is 35.5. The van der Waals surface area contributed by atoms with E-state index in [1.807, 2.05) is 0 Å². The lowest BCUT2D eigenvalue weighted by molar-refractivity contribution is -0.273. The number of carbonyl (C=O) groups is 11. The van der Waals surface area contributed by atoms with Gasteiger partial charge in [0.2, 0.25) is 41.6 Å². The first-order valence-corrected chi connectivity index (χ1v) is 45.6. The molecule has 6 aromatic carbocycles. The van der Waals surface area contributed by atoms with Crippen LogP contribution in [0.25, 0.3) is 11.1 Å². The number of rotatable bonds is 20. The lowest BCUT2D eigenvalue weighted by Gasteiger charge is -2.54. The minimum Gasteiger partial charge on any atom is -0.508 e. The lowest BCUT2D eigenvalue weighted by atomic mass is 9.51. The number of anilines is 1. The van der Waals surface area contributed by atoms with Gasteiger partial charge in [0.25, 0.3) is 0 Å². The molecule has 714 valence electrons. The van der Waals surface area contributed by atoms with Gasteiger partial charge in [0, 0.05) is 81.7 Å². The number of carbonyl (C=O) groups excluding carboxylic acids is 11. The number of hydrogen-bond acceptors (Lipinski definition) is 28. The van der Waals surface area contributed by atoms with Gasteiger partial charge in [-0.3, -0.25) is 58.3 Å². The van der Waals surface area contributed by atoms with Crippen molar-refractivity contribution in [3.05, 3.63) is 141 Å². The van der Waals surface area contributed by atoms with Crippen molar-refractivity contribution < 1.29 is 131 Å². The Morgan fingerprint density at radius 3 is 1.88 bits per heavy atom. The molecular weight excluding hydrogens is 1770 g/mol. The zero-order chi connectivity index (χ0) is 95.7. The summed E-state index contributed by atoms with van der Waals surface area (Å²) in [7, 11) is 1.28. The fraction of sp³-hybridized carbons (Fsp3) is 0.510. The number of amides is 8. The number of urea groups is 1. The summed E-state index contributed by atoms with van der Waals surface area (Å²) in [6, 6.07) is 9.86. The second kappa shape index (κ2) is 40.9. The maximum absolute atomic E-state index is 16.8. The molecule has 14 atom stereocenters. The molecule has 15 bridgehead atoms. The molecule has 4 saturated carbocycles. The van der Waals surface area contributed by atoms with Gasteiger partial charge in [-0.2, -0.15) is 0 Å². The first kappa shape index (κ1) is 97.8. The fourth-order valence-corrected chi connectivity index (χ4v) is 19.8. The SMILES string of the molecule is CC(C)C[C@H](C(=O)N[C@H]1C(=O)C[C@@H](CC(=O)NC(=O)Nc2ccc(OCCN3CCOCC3)cc2)C(=O)NC2C(=O)C[C@H]3C(=O)N[C@H](C(=O)N[C@H](C(=O)CC4C5CC6CC(C5)CC4C6)c4cc(O)cc(O)c4-c4cc3ccc4O)[C@H](O)c3ccc(c(Cl)c3)Oc3cc2cc(c3O[C@@H]2O[C@H](CCC(=O)OC(C)(C)C)[C@@H](O)[C@H](O)[C@H]2O)Oc2ccc(cc2Cl)[C@H]1O)N(C)C(=O)OC(C)(C)C. The minimum absolute atomic E-state index is 0.0748. The number of benzene rings is 6. The number of likely N-dealkylation sites (N-methyl/N-ethyl adjacent to an activating group) is 1. The Bertz CT molecular complexity index is 5400. The largest absolute Gasteiger partial charge is 0.508 e. The highest BCUT2D eigenvalue weighted by molar-refractivity contribution is 6.32. The van der Waals surface area contributed by atoms with Crippen molar-refractivity contribution in [2.75, 3.05) is 51.8 Å². The molecule has 7 aliphatic heterocycles. The van der Waals surface area contributed by atoms with Crippen LogP contribution in [0.4, 0.5) is 15.3 Å². The summed E-state index contributed by atoms with van der Waals surface area (Å²) in [5.74, 6) is -17.3. The molecule has 14 N–H and O–H groups in total. The van der Waals surface area contributed by atoms with E-state index in [-0.39, 0.29) is 93.5 Å². The van der Waals surface area contributed by atoms with Crippen LogP contribution in [0.5, 0.6) is 51.7 Å². The smallest absolute Gasteiger partial charge is 0.410 e. The van der Waals surface area contributed by atoms with Crippen LogP contribution >= 0.6 is 23.2 Å². The summed E-state index contributed by atoms with van der Waals surface area (Å²) in [6.45, 7) is 16.7. The zero-order valence-electron chi connectivity index (χ0n) is 75.1. The topological polar surface area (TPSA) is 502 Å². The standard InChI is InChI=1S/C96H114Cl2N8O27/c1-45(2)28-64(105(9)94(125)133-96(6,7)8)90(122)103-80-67(110)37-54(40-75(113)100-93(124)99-55-13-15-57(16-14-55)127-27-24-106-22-25-126-26-23-106)88(120)101-78-53-38-73(128-70-18-11-49(82(80)115)35-62(70)97)87(131-92-86(119)85(118)84(117)72(130-92)20-21-76(114)132-95(3,4)5)74(39-53)129-71-19-12-50(36-63(71)98)83(116)81-91(123)102-79(69(112)43-58-51-30-46-29-47(32-51)33-52(58)31-46)61-41-56(107)42-66(109)77(61)60-34-48(10-17-65(60)108)59(44-68(78)111)89(121)104-81/h10-19,34-36,38-39,41-42,45-47,51-52,54,58-59,64,72,78-86,92,107-109,115-119H,20-33,37,40,43-44H2,1-9H3,(H,101,120)(H,102,123)(H,103,122)(H,104,121)(H2,99,100,113,124)/t46?,47?,51?,52?,54-,58?,59+,64+,72+,78?,79-,80-,81-,82+,83+,84+,85-,86+,92-/m0/s1. The van der Waals surface area contributed by atoms with Crippen LogP contribution in [0.1, 0.15) is 190 Å². The number of Topliss-reactive ketones (excluding diaryl/α,β-unsaturated/α-hetero) is 3. The third-order valence-corrected chi connectivity index (χ3v) is 26.3.